The van der Waals surface area contributed by atoms with Gasteiger partial charge in [-0.15, -0.1) is 0 Å². The van der Waals surface area contributed by atoms with Crippen LogP contribution in [-0.2, 0) is 0 Å². The minimum Gasteiger partial charge on any atom is -0.411 e. The van der Waals surface area contributed by atoms with Gasteiger partial charge in [0.1, 0.15) is 0 Å². The number of hydrogen-bond donors (Lipinski definition) is 2. The zero-order valence-electron chi connectivity index (χ0n) is 7.56. The lowest BCUT2D eigenvalue weighted by molar-refractivity contribution is -0.0258. The molecule has 4 bridgehead atoms. The van der Waals surface area contributed by atoms with Crippen LogP contribution in [0.15, 0.2) is 5.16 Å². The summed E-state index contributed by atoms with van der Waals surface area (Å²) < 4.78 is 0. The van der Waals surface area contributed by atoms with Crippen molar-refractivity contribution in [2.24, 2.45) is 28.8 Å². The Bertz CT molecular complexity index is 264. The summed E-state index contributed by atoms with van der Waals surface area (Å²) in [5, 5.41) is 22.0. The van der Waals surface area contributed by atoms with Crippen molar-refractivity contribution in [1.29, 1.82) is 0 Å². The first-order valence-electron chi connectivity index (χ1n) is 5.21. The molecule has 0 aromatic carbocycles. The standard InChI is InChI=1S/C10H15NO2/c12-10-8-4-5-1-2-6(8)3-7(5)9(10)11-13/h5-8,10,12-13H,1-4H2/b11-9+/t5?,6?,7?,8?,10-/m0/s1. The van der Waals surface area contributed by atoms with Crippen LogP contribution in [0.25, 0.3) is 0 Å². The smallest absolute Gasteiger partial charge is 0.0987 e. The second-order valence-corrected chi connectivity index (χ2v) is 4.81. The fourth-order valence-corrected chi connectivity index (χ4v) is 3.80. The molecule has 0 aromatic rings. The Morgan fingerprint density at radius 2 is 1.92 bits per heavy atom. The van der Waals surface area contributed by atoms with Crippen molar-refractivity contribution < 1.29 is 10.3 Å². The van der Waals surface area contributed by atoms with Gasteiger partial charge in [-0.1, -0.05) is 5.16 Å². The van der Waals surface area contributed by atoms with E-state index in [1.807, 2.05) is 0 Å². The van der Waals surface area contributed by atoms with Crippen molar-refractivity contribution in [2.75, 3.05) is 0 Å². The van der Waals surface area contributed by atoms with Crippen molar-refractivity contribution >= 4 is 5.71 Å². The van der Waals surface area contributed by atoms with Gasteiger partial charge in [-0.25, -0.2) is 0 Å². The molecule has 5 rings (SSSR count). The molecule has 2 N–H and O–H groups in total. The summed E-state index contributed by atoms with van der Waals surface area (Å²) in [6.45, 7) is 0. The Morgan fingerprint density at radius 1 is 1.15 bits per heavy atom. The van der Waals surface area contributed by atoms with E-state index in [0.29, 0.717) is 29.4 Å². The van der Waals surface area contributed by atoms with Crippen LogP contribution in [0.5, 0.6) is 0 Å². The lowest BCUT2D eigenvalue weighted by Crippen LogP contribution is -2.56. The van der Waals surface area contributed by atoms with E-state index in [4.69, 9.17) is 5.21 Å². The van der Waals surface area contributed by atoms with Gasteiger partial charge in [-0.2, -0.15) is 0 Å². The summed E-state index contributed by atoms with van der Waals surface area (Å²) >= 11 is 0. The van der Waals surface area contributed by atoms with Crippen LogP contribution in [0.4, 0.5) is 0 Å². The quantitative estimate of drug-likeness (QED) is 0.436. The highest BCUT2D eigenvalue weighted by Crippen LogP contribution is 2.54. The SMILES string of the molecule is O/N=C1\C2CC3CCC2CC3[C@@H]1O. The Hall–Kier alpha value is -0.570. The minimum absolute atomic E-state index is 0.392. The molecule has 5 aliphatic carbocycles. The van der Waals surface area contributed by atoms with Gasteiger partial charge in [-0.3, -0.25) is 0 Å². The van der Waals surface area contributed by atoms with Gasteiger partial charge in [0.05, 0.1) is 11.8 Å². The van der Waals surface area contributed by atoms with Crippen LogP contribution in [0, 0.1) is 23.7 Å². The number of aliphatic hydroxyl groups excluding tert-OH is 1. The molecule has 0 spiro atoms. The fraction of sp³-hybridized carbons (Fsp3) is 0.900. The van der Waals surface area contributed by atoms with Crippen molar-refractivity contribution in [3.05, 3.63) is 0 Å². The van der Waals surface area contributed by atoms with Crippen LogP contribution >= 0.6 is 0 Å². The highest BCUT2D eigenvalue weighted by Gasteiger charge is 2.53. The van der Waals surface area contributed by atoms with E-state index in [1.165, 1.54) is 12.8 Å². The third-order valence-electron chi connectivity index (χ3n) is 4.42. The highest BCUT2D eigenvalue weighted by molar-refractivity contribution is 5.92. The van der Waals surface area contributed by atoms with Gasteiger partial charge >= 0.3 is 0 Å². The zero-order chi connectivity index (χ0) is 9.00. The monoisotopic (exact) mass is 181 g/mol. The first-order valence-corrected chi connectivity index (χ1v) is 5.21. The topological polar surface area (TPSA) is 52.8 Å². The zero-order valence-corrected chi connectivity index (χ0v) is 7.56. The van der Waals surface area contributed by atoms with Crippen LogP contribution in [-0.4, -0.2) is 22.1 Å². The van der Waals surface area contributed by atoms with Crippen LogP contribution < -0.4 is 0 Å². The second-order valence-electron chi connectivity index (χ2n) is 4.81. The molecule has 5 fully saturated rings. The molecule has 0 amide bonds. The van der Waals surface area contributed by atoms with E-state index < -0.39 is 6.10 Å². The van der Waals surface area contributed by atoms with Gasteiger partial charge in [0.25, 0.3) is 0 Å². The molecule has 72 valence electrons. The summed E-state index contributed by atoms with van der Waals surface area (Å²) in [7, 11) is 0. The Labute approximate surface area is 77.4 Å². The van der Waals surface area contributed by atoms with E-state index in [2.05, 4.69) is 5.16 Å². The molecule has 3 nitrogen and oxygen atoms in total. The van der Waals surface area contributed by atoms with E-state index in [9.17, 15) is 5.11 Å². The van der Waals surface area contributed by atoms with E-state index >= 15 is 0 Å². The van der Waals surface area contributed by atoms with Crippen molar-refractivity contribution in [1.82, 2.24) is 0 Å². The molecule has 0 aromatic heterocycles. The summed E-state index contributed by atoms with van der Waals surface area (Å²) in [4.78, 5) is 0. The van der Waals surface area contributed by atoms with Crippen LogP contribution in [0.2, 0.25) is 0 Å². The maximum atomic E-state index is 9.89. The van der Waals surface area contributed by atoms with Crippen LogP contribution in [0.1, 0.15) is 25.7 Å². The van der Waals surface area contributed by atoms with Crippen molar-refractivity contribution in [2.45, 2.75) is 31.8 Å². The summed E-state index contributed by atoms with van der Waals surface area (Å²) in [5.41, 5.74) is 0.678. The number of rotatable bonds is 0. The van der Waals surface area contributed by atoms with Crippen molar-refractivity contribution in [3.8, 4) is 0 Å². The lowest BCUT2D eigenvalue weighted by Gasteiger charge is -2.54. The number of hydrogen-bond acceptors (Lipinski definition) is 3. The van der Waals surface area contributed by atoms with E-state index in [-0.39, 0.29) is 0 Å². The summed E-state index contributed by atoms with van der Waals surface area (Å²) in [5.74, 6) is 2.19. The molecule has 13 heavy (non-hydrogen) atoms. The third kappa shape index (κ3) is 0.857. The van der Waals surface area contributed by atoms with Gasteiger partial charge in [0.15, 0.2) is 0 Å². The van der Waals surface area contributed by atoms with Crippen molar-refractivity contribution in [3.63, 3.8) is 0 Å². The molecule has 0 saturated heterocycles. The summed E-state index contributed by atoms with van der Waals surface area (Å²) in [6.07, 6.45) is 4.44. The average molecular weight is 181 g/mol. The Kier molecular flexibility index (Phi) is 1.48. The van der Waals surface area contributed by atoms with E-state index in [0.717, 1.165) is 12.8 Å². The molecule has 5 saturated carbocycles. The first kappa shape index (κ1) is 7.80. The molecule has 0 heterocycles. The molecule has 0 aliphatic heterocycles. The second kappa shape index (κ2) is 2.47. The molecule has 0 radical (unpaired) electrons. The van der Waals surface area contributed by atoms with Gasteiger partial charge in [-0.05, 0) is 43.4 Å². The third-order valence-corrected chi connectivity index (χ3v) is 4.42. The number of oxime groups is 1. The molecular weight excluding hydrogens is 166 g/mol. The number of nitrogens with zero attached hydrogens (tertiary/aromatic N) is 1. The number of fused-ring (bicyclic) bond motifs is 2. The Balaban J connectivity index is 2.00. The highest BCUT2D eigenvalue weighted by atomic mass is 16.4. The van der Waals surface area contributed by atoms with Gasteiger partial charge < -0.3 is 10.3 Å². The Morgan fingerprint density at radius 3 is 2.54 bits per heavy atom. The van der Waals surface area contributed by atoms with Gasteiger partial charge in [0.2, 0.25) is 0 Å². The maximum absolute atomic E-state index is 9.89. The molecule has 5 aliphatic rings. The lowest BCUT2D eigenvalue weighted by atomic mass is 9.51. The average Bonchev–Trinajstić information content (AvgIpc) is 2.19. The molecular formula is C10H15NO2. The minimum atomic E-state index is -0.440. The van der Waals surface area contributed by atoms with Gasteiger partial charge in [0, 0.05) is 5.92 Å². The maximum Gasteiger partial charge on any atom is 0.0987 e. The number of aliphatic hydroxyl groups is 1. The summed E-state index contributed by atoms with van der Waals surface area (Å²) in [6, 6.07) is 0. The molecule has 5 atom stereocenters. The predicted octanol–water partition coefficient (Wildman–Crippen LogP) is 1.24. The van der Waals surface area contributed by atoms with Crippen LogP contribution in [0.3, 0.4) is 0 Å². The molecule has 3 heteroatoms. The molecule has 4 unspecified atom stereocenters. The fourth-order valence-electron chi connectivity index (χ4n) is 3.80. The normalized spacial score (nSPS) is 56.1. The predicted molar refractivity (Wildman–Crippen MR) is 47.7 cm³/mol. The van der Waals surface area contributed by atoms with E-state index in [1.54, 1.807) is 0 Å². The largest absolute Gasteiger partial charge is 0.411 e. The first-order chi connectivity index (χ1) is 6.31.